The number of hydrogen-bond donors (Lipinski definition) is 1. The van der Waals surface area contributed by atoms with E-state index in [0.717, 1.165) is 32.7 Å². The largest absolute Gasteiger partial charge is 0.480 e. The predicted molar refractivity (Wildman–Crippen MR) is 133 cm³/mol. The minimum absolute atomic E-state index is 0.349. The number of nitrogens with zero attached hydrogens (tertiary/aromatic N) is 6. The van der Waals surface area contributed by atoms with E-state index in [9.17, 15) is 4.79 Å². The topological polar surface area (TPSA) is 106 Å². The minimum Gasteiger partial charge on any atom is -0.480 e. The Morgan fingerprint density at radius 3 is 2.44 bits per heavy atom. The van der Waals surface area contributed by atoms with Gasteiger partial charge in [-0.15, -0.1) is 0 Å². The van der Waals surface area contributed by atoms with Gasteiger partial charge in [0.05, 0.1) is 14.2 Å². The number of ether oxygens (including phenoxy) is 2. The Hall–Kier alpha value is -2.92. The number of aromatic nitrogens is 4. The Morgan fingerprint density at radius 1 is 1.12 bits per heavy atom. The molecule has 0 radical (unpaired) electrons. The number of amides is 1. The monoisotopic (exact) mass is 487 g/mol. The third kappa shape index (κ3) is 7.04. The molecule has 3 rings (SSSR count). The number of rotatable bonds is 12. The molecule has 1 saturated heterocycles. The molecule has 10 nitrogen and oxygen atoms in total. The molecule has 0 saturated carbocycles. The van der Waals surface area contributed by atoms with Crippen LogP contribution in [0.4, 0.5) is 11.8 Å². The first-order valence-electron chi connectivity index (χ1n) is 11.5. The first-order chi connectivity index (χ1) is 16.6. The third-order valence-electron chi connectivity index (χ3n) is 5.42. The molecule has 11 heteroatoms. The molecule has 0 aromatic carbocycles. The third-order valence-corrected chi connectivity index (χ3v) is 6.36. The maximum absolute atomic E-state index is 11.6. The highest BCUT2D eigenvalue weighted by molar-refractivity contribution is 7.99. The molecule has 0 spiro atoms. The summed E-state index contributed by atoms with van der Waals surface area (Å²) in [5.41, 5.74) is 0. The molecule has 1 amide bonds. The van der Waals surface area contributed by atoms with Gasteiger partial charge in [0.2, 0.25) is 23.6 Å². The van der Waals surface area contributed by atoms with E-state index < -0.39 is 0 Å². The molecule has 1 fully saturated rings. The Morgan fingerprint density at radius 2 is 1.82 bits per heavy atom. The fraction of sp³-hybridized carbons (Fsp3) is 0.522. The molecule has 1 aliphatic rings. The highest BCUT2D eigenvalue weighted by atomic mass is 32.2. The molecule has 0 unspecified atom stereocenters. The van der Waals surface area contributed by atoms with Gasteiger partial charge in [-0.25, -0.2) is 9.97 Å². The number of carbonyl (C=O) groups excluding carboxylic acids is 1. The van der Waals surface area contributed by atoms with E-state index in [1.807, 2.05) is 0 Å². The van der Waals surface area contributed by atoms with Gasteiger partial charge in [0.15, 0.2) is 5.16 Å². The van der Waals surface area contributed by atoms with E-state index >= 15 is 0 Å². The van der Waals surface area contributed by atoms with Crippen molar-refractivity contribution in [2.75, 3.05) is 57.2 Å². The Bertz CT molecular complexity index is 942. The van der Waals surface area contributed by atoms with Gasteiger partial charge in [0, 0.05) is 32.4 Å². The van der Waals surface area contributed by atoms with E-state index in [1.165, 1.54) is 43.5 Å². The zero-order valence-corrected chi connectivity index (χ0v) is 20.9. The van der Waals surface area contributed by atoms with Crippen LogP contribution >= 0.6 is 11.8 Å². The van der Waals surface area contributed by atoms with Gasteiger partial charge >= 0.3 is 0 Å². The fourth-order valence-corrected chi connectivity index (χ4v) is 4.44. The van der Waals surface area contributed by atoms with Crippen LogP contribution in [-0.2, 0) is 4.79 Å². The predicted octanol–water partition coefficient (Wildman–Crippen LogP) is 3.26. The highest BCUT2D eigenvalue weighted by Gasteiger charge is 2.24. The molecule has 34 heavy (non-hydrogen) atoms. The summed E-state index contributed by atoms with van der Waals surface area (Å²) in [7, 11) is 3.12. The van der Waals surface area contributed by atoms with Gasteiger partial charge in [0.1, 0.15) is 10.7 Å². The lowest BCUT2D eigenvalue weighted by Crippen LogP contribution is -2.47. The molecule has 0 atom stereocenters. The first kappa shape index (κ1) is 25.7. The van der Waals surface area contributed by atoms with Crippen molar-refractivity contribution >= 4 is 29.4 Å². The Labute approximate surface area is 205 Å². The van der Waals surface area contributed by atoms with E-state index in [-0.39, 0.29) is 5.91 Å². The zero-order valence-electron chi connectivity index (χ0n) is 20.1. The number of carbonyl (C=O) groups is 1. The lowest BCUT2D eigenvalue weighted by atomic mass is 10.2. The average molecular weight is 488 g/mol. The van der Waals surface area contributed by atoms with Gasteiger partial charge < -0.3 is 19.7 Å². The van der Waals surface area contributed by atoms with Crippen molar-refractivity contribution < 1.29 is 14.3 Å². The van der Waals surface area contributed by atoms with Crippen molar-refractivity contribution in [1.29, 1.82) is 0 Å². The number of unbranched alkanes of at least 4 members (excludes halogenated alkanes) is 3. The molecule has 2 aromatic rings. The van der Waals surface area contributed by atoms with Gasteiger partial charge in [-0.1, -0.05) is 32.8 Å². The second kappa shape index (κ2) is 13.1. The quantitative estimate of drug-likeness (QED) is 0.272. The van der Waals surface area contributed by atoms with Crippen LogP contribution in [0.15, 0.2) is 35.0 Å². The second-order valence-electron chi connectivity index (χ2n) is 7.78. The maximum atomic E-state index is 11.6. The van der Waals surface area contributed by atoms with Crippen molar-refractivity contribution in [3.05, 3.63) is 24.9 Å². The molecule has 3 heterocycles. The van der Waals surface area contributed by atoms with Crippen LogP contribution < -0.4 is 19.7 Å². The van der Waals surface area contributed by atoms with Crippen molar-refractivity contribution in [3.8, 4) is 11.8 Å². The second-order valence-corrected chi connectivity index (χ2v) is 8.76. The molecule has 1 N–H and O–H groups in total. The lowest BCUT2D eigenvalue weighted by Gasteiger charge is -2.35. The number of anilines is 2. The normalized spacial score (nSPS) is 14.0. The summed E-state index contributed by atoms with van der Waals surface area (Å²) in [5.74, 6) is 1.37. The highest BCUT2D eigenvalue weighted by Crippen LogP contribution is 2.39. The number of nitrogens with one attached hydrogen (secondary N) is 1. The SMILES string of the molecule is C=CC(=O)Nc1ccnc(Sc2c(OC)nc(N3CCN(CCCCCC)CC3)nc2OC)n1. The van der Waals surface area contributed by atoms with Crippen molar-refractivity contribution in [2.24, 2.45) is 0 Å². The first-order valence-corrected chi connectivity index (χ1v) is 12.3. The fourth-order valence-electron chi connectivity index (χ4n) is 3.57. The Balaban J connectivity index is 1.71. The number of hydrogen-bond acceptors (Lipinski definition) is 10. The summed E-state index contributed by atoms with van der Waals surface area (Å²) < 4.78 is 11.1. The molecule has 1 aliphatic heterocycles. The van der Waals surface area contributed by atoms with Crippen LogP contribution in [0.1, 0.15) is 32.6 Å². The Kier molecular flexibility index (Phi) is 9.89. The van der Waals surface area contributed by atoms with Gasteiger partial charge in [0.25, 0.3) is 0 Å². The van der Waals surface area contributed by atoms with Gasteiger partial charge in [-0.05, 0) is 36.9 Å². The van der Waals surface area contributed by atoms with E-state index in [0.29, 0.717) is 33.6 Å². The summed E-state index contributed by atoms with van der Waals surface area (Å²) in [5, 5.41) is 3.02. The average Bonchev–Trinajstić information content (AvgIpc) is 2.87. The summed E-state index contributed by atoms with van der Waals surface area (Å²) in [6.07, 6.45) is 7.84. The van der Waals surface area contributed by atoms with Gasteiger partial charge in [-0.2, -0.15) is 9.97 Å². The minimum atomic E-state index is -0.349. The molecular weight excluding hydrogens is 454 g/mol. The lowest BCUT2D eigenvalue weighted by molar-refractivity contribution is -0.111. The smallest absolute Gasteiger partial charge is 0.248 e. The van der Waals surface area contributed by atoms with Crippen molar-refractivity contribution in [3.63, 3.8) is 0 Å². The summed E-state index contributed by atoms with van der Waals surface area (Å²) in [4.78, 5) is 34.7. The number of piperazine rings is 1. The molecule has 0 aliphatic carbocycles. The summed E-state index contributed by atoms with van der Waals surface area (Å²) in [6.45, 7) is 10.5. The summed E-state index contributed by atoms with van der Waals surface area (Å²) in [6, 6.07) is 1.60. The van der Waals surface area contributed by atoms with Gasteiger partial charge in [-0.3, -0.25) is 9.69 Å². The van der Waals surface area contributed by atoms with Crippen LogP contribution in [-0.4, -0.2) is 77.7 Å². The van der Waals surface area contributed by atoms with E-state index in [1.54, 1.807) is 26.5 Å². The molecular formula is C23H33N7O3S. The summed E-state index contributed by atoms with van der Waals surface area (Å²) >= 11 is 1.21. The molecule has 184 valence electrons. The van der Waals surface area contributed by atoms with Crippen LogP contribution in [0.25, 0.3) is 0 Å². The van der Waals surface area contributed by atoms with Crippen LogP contribution in [0.5, 0.6) is 11.8 Å². The van der Waals surface area contributed by atoms with Crippen LogP contribution in [0, 0.1) is 0 Å². The van der Waals surface area contributed by atoms with Crippen LogP contribution in [0.2, 0.25) is 0 Å². The van der Waals surface area contributed by atoms with E-state index in [2.05, 4.69) is 48.6 Å². The zero-order chi connectivity index (χ0) is 24.3. The van der Waals surface area contributed by atoms with Crippen LogP contribution in [0.3, 0.4) is 0 Å². The molecule has 2 aromatic heterocycles. The molecule has 0 bridgehead atoms. The van der Waals surface area contributed by atoms with Crippen molar-refractivity contribution in [1.82, 2.24) is 24.8 Å². The standard InChI is InChI=1S/C23H33N7O3S/c1-5-7-8-9-12-29-13-15-30(16-14-29)22-27-20(32-3)19(21(28-22)33-4)34-23-24-11-10-17(26-23)25-18(31)6-2/h6,10-11H,2,5,7-9,12-16H2,1,3-4H3,(H,24,25,26,31). The maximum Gasteiger partial charge on any atom is 0.248 e. The van der Waals surface area contributed by atoms with E-state index in [4.69, 9.17) is 9.47 Å². The van der Waals surface area contributed by atoms with Crippen molar-refractivity contribution in [2.45, 2.75) is 42.7 Å². The number of methoxy groups -OCH3 is 2.